The zero-order valence-electron chi connectivity index (χ0n) is 13.1. The summed E-state index contributed by atoms with van der Waals surface area (Å²) in [4.78, 5) is 7.00. The fourth-order valence-electron chi connectivity index (χ4n) is 3.05. The van der Waals surface area contributed by atoms with Gasteiger partial charge in [-0.15, -0.1) is 0 Å². The van der Waals surface area contributed by atoms with E-state index in [2.05, 4.69) is 36.7 Å². The van der Waals surface area contributed by atoms with Crippen molar-refractivity contribution in [2.24, 2.45) is 5.92 Å². The monoisotopic (exact) mass is 400 g/mol. The number of pyridine rings is 1. The van der Waals surface area contributed by atoms with E-state index in [4.69, 9.17) is 0 Å². The van der Waals surface area contributed by atoms with Crippen LogP contribution in [0.1, 0.15) is 18.5 Å². The third-order valence-corrected chi connectivity index (χ3v) is 5.25. The highest BCUT2D eigenvalue weighted by atomic mass is 79.9. The molecule has 3 heterocycles. The van der Waals surface area contributed by atoms with Crippen LogP contribution in [0.5, 0.6) is 0 Å². The number of piperidine rings is 1. The predicted octanol–water partition coefficient (Wildman–Crippen LogP) is 1.86. The molecule has 1 atom stereocenters. The second kappa shape index (κ2) is 6.88. The standard InChI is InChI=1S/C15H21BrN4O2S/c1-23(21,22)17-7-12-3-2-6-19(8-12)10-14-11-20-9-13(16)4-5-15(20)18-14/h4-5,9,11-12,17H,2-3,6-8,10H2,1H3. The van der Waals surface area contributed by atoms with Gasteiger partial charge in [-0.05, 0) is 53.4 Å². The number of hydrogen-bond acceptors (Lipinski definition) is 4. The van der Waals surface area contributed by atoms with Crippen molar-refractivity contribution in [3.8, 4) is 0 Å². The number of nitrogens with one attached hydrogen (secondary N) is 1. The van der Waals surface area contributed by atoms with E-state index in [0.717, 1.165) is 48.3 Å². The molecule has 1 fully saturated rings. The maximum absolute atomic E-state index is 11.2. The topological polar surface area (TPSA) is 66.7 Å². The summed E-state index contributed by atoms with van der Waals surface area (Å²) in [5.74, 6) is 0.365. The van der Waals surface area contributed by atoms with Gasteiger partial charge in [-0.1, -0.05) is 0 Å². The molecular weight excluding hydrogens is 380 g/mol. The molecule has 0 aliphatic carbocycles. The van der Waals surface area contributed by atoms with Gasteiger partial charge in [0.2, 0.25) is 10.0 Å². The second-order valence-electron chi connectivity index (χ2n) is 6.21. The average molecular weight is 401 g/mol. The van der Waals surface area contributed by atoms with Crippen LogP contribution < -0.4 is 4.72 Å². The Bertz CT molecular complexity index is 790. The summed E-state index contributed by atoms with van der Waals surface area (Å²) in [6.45, 7) is 3.26. The normalized spacial score (nSPS) is 20.2. The van der Waals surface area contributed by atoms with Gasteiger partial charge < -0.3 is 4.40 Å². The smallest absolute Gasteiger partial charge is 0.208 e. The molecule has 126 valence electrons. The molecule has 1 saturated heterocycles. The van der Waals surface area contributed by atoms with Gasteiger partial charge in [0.05, 0.1) is 11.9 Å². The largest absolute Gasteiger partial charge is 0.306 e. The highest BCUT2D eigenvalue weighted by Gasteiger charge is 2.21. The van der Waals surface area contributed by atoms with Crippen molar-refractivity contribution in [1.29, 1.82) is 0 Å². The van der Waals surface area contributed by atoms with Gasteiger partial charge >= 0.3 is 0 Å². The minimum absolute atomic E-state index is 0.365. The maximum atomic E-state index is 11.2. The number of likely N-dealkylation sites (tertiary alicyclic amines) is 1. The summed E-state index contributed by atoms with van der Waals surface area (Å²) in [7, 11) is -3.11. The minimum Gasteiger partial charge on any atom is -0.306 e. The van der Waals surface area contributed by atoms with E-state index in [1.165, 1.54) is 6.26 Å². The lowest BCUT2D eigenvalue weighted by Gasteiger charge is -2.32. The van der Waals surface area contributed by atoms with Crippen LogP contribution in [-0.2, 0) is 16.6 Å². The summed E-state index contributed by atoms with van der Waals surface area (Å²) < 4.78 is 28.1. The van der Waals surface area contributed by atoms with Gasteiger partial charge in [0, 0.05) is 36.5 Å². The van der Waals surface area contributed by atoms with Gasteiger partial charge in [-0.3, -0.25) is 4.90 Å². The van der Waals surface area contributed by atoms with Crippen molar-refractivity contribution >= 4 is 31.6 Å². The first-order chi connectivity index (χ1) is 10.9. The molecule has 0 radical (unpaired) electrons. The van der Waals surface area contributed by atoms with E-state index >= 15 is 0 Å². The molecule has 1 aliphatic heterocycles. The van der Waals surface area contributed by atoms with Crippen LogP contribution in [0.3, 0.4) is 0 Å². The number of sulfonamides is 1. The van der Waals surface area contributed by atoms with Crippen molar-refractivity contribution in [2.45, 2.75) is 19.4 Å². The lowest BCUT2D eigenvalue weighted by Crippen LogP contribution is -2.40. The molecule has 2 aromatic heterocycles. The molecule has 1 unspecified atom stereocenters. The van der Waals surface area contributed by atoms with E-state index < -0.39 is 10.0 Å². The molecule has 0 amide bonds. The molecule has 1 aliphatic rings. The number of hydrogen-bond donors (Lipinski definition) is 1. The average Bonchev–Trinajstić information content (AvgIpc) is 2.86. The van der Waals surface area contributed by atoms with Gasteiger partial charge in [-0.25, -0.2) is 18.1 Å². The summed E-state index contributed by atoms with van der Waals surface area (Å²) in [6.07, 6.45) is 7.42. The quantitative estimate of drug-likeness (QED) is 0.831. The number of imidazole rings is 1. The van der Waals surface area contributed by atoms with E-state index in [-0.39, 0.29) is 0 Å². The van der Waals surface area contributed by atoms with Crippen molar-refractivity contribution < 1.29 is 8.42 Å². The molecule has 1 N–H and O–H groups in total. The van der Waals surface area contributed by atoms with Crippen LogP contribution in [0.2, 0.25) is 0 Å². The highest BCUT2D eigenvalue weighted by molar-refractivity contribution is 9.10. The van der Waals surface area contributed by atoms with Crippen molar-refractivity contribution in [3.63, 3.8) is 0 Å². The first-order valence-corrected chi connectivity index (χ1v) is 10.4. The molecule has 0 aromatic carbocycles. The first kappa shape index (κ1) is 16.9. The Labute approximate surface area is 145 Å². The Morgan fingerprint density at radius 2 is 2.22 bits per heavy atom. The van der Waals surface area contributed by atoms with E-state index in [9.17, 15) is 8.42 Å². The van der Waals surface area contributed by atoms with Crippen LogP contribution in [0, 0.1) is 5.92 Å². The Morgan fingerprint density at radius 1 is 1.39 bits per heavy atom. The molecule has 6 nitrogen and oxygen atoms in total. The summed E-state index contributed by atoms with van der Waals surface area (Å²) >= 11 is 3.47. The van der Waals surface area contributed by atoms with Gasteiger partial charge in [0.15, 0.2) is 0 Å². The number of aromatic nitrogens is 2. The van der Waals surface area contributed by atoms with Crippen LogP contribution in [-0.4, -0.2) is 48.6 Å². The Hall–Kier alpha value is -0.960. The molecular formula is C15H21BrN4O2S. The second-order valence-corrected chi connectivity index (χ2v) is 8.96. The predicted molar refractivity (Wildman–Crippen MR) is 93.7 cm³/mol. The maximum Gasteiger partial charge on any atom is 0.208 e. The summed E-state index contributed by atoms with van der Waals surface area (Å²) in [6, 6.07) is 3.97. The lowest BCUT2D eigenvalue weighted by atomic mass is 9.98. The van der Waals surface area contributed by atoms with E-state index in [1.54, 1.807) is 0 Å². The highest BCUT2D eigenvalue weighted by Crippen LogP contribution is 2.19. The summed E-state index contributed by atoms with van der Waals surface area (Å²) in [5, 5.41) is 0. The lowest BCUT2D eigenvalue weighted by molar-refractivity contribution is 0.167. The third-order valence-electron chi connectivity index (χ3n) is 4.09. The Balaban J connectivity index is 1.62. The first-order valence-electron chi connectivity index (χ1n) is 7.69. The van der Waals surface area contributed by atoms with Crippen molar-refractivity contribution in [2.75, 3.05) is 25.9 Å². The van der Waals surface area contributed by atoms with Crippen molar-refractivity contribution in [3.05, 3.63) is 34.7 Å². The SMILES string of the molecule is CS(=O)(=O)NCC1CCCN(Cc2cn3cc(Br)ccc3n2)C1. The molecule has 3 rings (SSSR count). The molecule has 0 bridgehead atoms. The molecule has 2 aromatic rings. The van der Waals surface area contributed by atoms with Crippen LogP contribution in [0.15, 0.2) is 29.0 Å². The number of fused-ring (bicyclic) bond motifs is 1. The number of halogens is 1. The fraction of sp³-hybridized carbons (Fsp3) is 0.533. The zero-order chi connectivity index (χ0) is 16.4. The van der Waals surface area contributed by atoms with Gasteiger partial charge in [0.25, 0.3) is 0 Å². The van der Waals surface area contributed by atoms with Crippen molar-refractivity contribution in [1.82, 2.24) is 19.0 Å². The Kier molecular flexibility index (Phi) is 5.05. The molecule has 23 heavy (non-hydrogen) atoms. The van der Waals surface area contributed by atoms with Crippen LogP contribution >= 0.6 is 15.9 Å². The van der Waals surface area contributed by atoms with Crippen LogP contribution in [0.4, 0.5) is 0 Å². The number of rotatable bonds is 5. The van der Waals surface area contributed by atoms with Gasteiger partial charge in [0.1, 0.15) is 5.65 Å². The third kappa shape index (κ3) is 4.76. The van der Waals surface area contributed by atoms with Crippen LogP contribution in [0.25, 0.3) is 5.65 Å². The summed E-state index contributed by atoms with van der Waals surface area (Å²) in [5.41, 5.74) is 1.98. The fourth-order valence-corrected chi connectivity index (χ4v) is 3.94. The zero-order valence-corrected chi connectivity index (χ0v) is 15.5. The van der Waals surface area contributed by atoms with E-state index in [0.29, 0.717) is 12.5 Å². The molecule has 8 heteroatoms. The minimum atomic E-state index is -3.11. The van der Waals surface area contributed by atoms with Gasteiger partial charge in [-0.2, -0.15) is 0 Å². The van der Waals surface area contributed by atoms with E-state index in [1.807, 2.05) is 22.7 Å². The number of nitrogens with zero attached hydrogens (tertiary/aromatic N) is 3. The molecule has 0 spiro atoms. The molecule has 0 saturated carbocycles. The Morgan fingerprint density at radius 3 is 3.00 bits per heavy atom.